The monoisotopic (exact) mass is 278 g/mol. The van der Waals surface area contributed by atoms with Gasteiger partial charge in [-0.25, -0.2) is 4.98 Å². The van der Waals surface area contributed by atoms with E-state index in [0.717, 1.165) is 50.5 Å². The highest BCUT2D eigenvalue weighted by Gasteiger charge is 2.08. The lowest BCUT2D eigenvalue weighted by molar-refractivity contribution is 0.134. The summed E-state index contributed by atoms with van der Waals surface area (Å²) in [6, 6.07) is 0. The van der Waals surface area contributed by atoms with E-state index in [2.05, 4.69) is 37.5 Å². The van der Waals surface area contributed by atoms with Crippen molar-refractivity contribution in [3.05, 3.63) is 6.33 Å². The molecule has 3 N–H and O–H groups in total. The van der Waals surface area contributed by atoms with Crippen LogP contribution in [0.2, 0.25) is 0 Å². The Kier molecular flexibility index (Phi) is 5.55. The number of anilines is 2. The molecule has 0 aromatic carbocycles. The molecule has 0 saturated heterocycles. The molecule has 20 heavy (non-hydrogen) atoms. The van der Waals surface area contributed by atoms with Crippen LogP contribution in [-0.4, -0.2) is 46.2 Å². The van der Waals surface area contributed by atoms with Gasteiger partial charge in [0.2, 0.25) is 5.95 Å². The molecule has 0 unspecified atom stereocenters. The highest BCUT2D eigenvalue weighted by Crippen LogP contribution is 2.18. The first-order chi connectivity index (χ1) is 9.85. The lowest BCUT2D eigenvalue weighted by Gasteiger charge is -2.08. The van der Waals surface area contributed by atoms with Gasteiger partial charge in [0.1, 0.15) is 5.52 Å². The van der Waals surface area contributed by atoms with Crippen LogP contribution in [-0.2, 0) is 4.74 Å². The zero-order valence-corrected chi connectivity index (χ0v) is 12.1. The molecular weight excluding hydrogens is 256 g/mol. The predicted molar refractivity (Wildman–Crippen MR) is 80.1 cm³/mol. The number of fused-ring (bicyclic) bond motifs is 1. The Hall–Kier alpha value is -1.89. The maximum absolute atomic E-state index is 5.45. The highest BCUT2D eigenvalue weighted by molar-refractivity contribution is 5.83. The third kappa shape index (κ3) is 3.80. The van der Waals surface area contributed by atoms with Crippen LogP contribution in [0.3, 0.4) is 0 Å². The summed E-state index contributed by atoms with van der Waals surface area (Å²) in [5.41, 5.74) is 1.50. The van der Waals surface area contributed by atoms with Gasteiger partial charge in [-0.05, 0) is 19.8 Å². The molecule has 0 fully saturated rings. The van der Waals surface area contributed by atoms with Crippen LogP contribution in [0.25, 0.3) is 11.2 Å². The lowest BCUT2D eigenvalue weighted by Crippen LogP contribution is -2.10. The number of nitrogens with zero attached hydrogens (tertiary/aromatic N) is 3. The summed E-state index contributed by atoms with van der Waals surface area (Å²) in [4.78, 5) is 16.0. The number of rotatable bonds is 9. The minimum Gasteiger partial charge on any atom is -0.381 e. The van der Waals surface area contributed by atoms with E-state index in [4.69, 9.17) is 4.74 Å². The largest absolute Gasteiger partial charge is 0.381 e. The maximum Gasteiger partial charge on any atom is 0.226 e. The molecule has 2 aromatic rings. The van der Waals surface area contributed by atoms with Crippen molar-refractivity contribution in [3.63, 3.8) is 0 Å². The second-order valence-corrected chi connectivity index (χ2v) is 4.42. The van der Waals surface area contributed by atoms with Crippen molar-refractivity contribution in [2.24, 2.45) is 0 Å². The number of hydrogen-bond donors (Lipinski definition) is 3. The van der Waals surface area contributed by atoms with E-state index in [9.17, 15) is 0 Å². The smallest absolute Gasteiger partial charge is 0.226 e. The Balaban J connectivity index is 1.95. The van der Waals surface area contributed by atoms with Crippen LogP contribution in [0.5, 0.6) is 0 Å². The molecule has 0 radical (unpaired) electrons. The maximum atomic E-state index is 5.45. The summed E-state index contributed by atoms with van der Waals surface area (Å²) in [5, 5.41) is 6.41. The number of hydrogen-bond acceptors (Lipinski definition) is 6. The number of aromatic nitrogens is 4. The van der Waals surface area contributed by atoms with Crippen molar-refractivity contribution in [3.8, 4) is 0 Å². The van der Waals surface area contributed by atoms with Crippen molar-refractivity contribution < 1.29 is 4.74 Å². The van der Waals surface area contributed by atoms with Crippen LogP contribution < -0.4 is 10.6 Å². The predicted octanol–water partition coefficient (Wildman–Crippen LogP) is 2.01. The minimum atomic E-state index is 0.594. The number of nitrogens with one attached hydrogen (secondary N) is 3. The highest BCUT2D eigenvalue weighted by atomic mass is 16.5. The fourth-order valence-electron chi connectivity index (χ4n) is 1.83. The van der Waals surface area contributed by atoms with Crippen molar-refractivity contribution in [1.29, 1.82) is 0 Å². The second kappa shape index (κ2) is 7.64. The zero-order chi connectivity index (χ0) is 14.2. The van der Waals surface area contributed by atoms with Gasteiger partial charge >= 0.3 is 0 Å². The Labute approximate surface area is 118 Å². The number of imidazole rings is 1. The van der Waals surface area contributed by atoms with Gasteiger partial charge in [-0.1, -0.05) is 6.92 Å². The van der Waals surface area contributed by atoms with Gasteiger partial charge in [0.05, 0.1) is 6.33 Å². The van der Waals surface area contributed by atoms with Gasteiger partial charge in [-0.2, -0.15) is 9.97 Å². The SMILES string of the molecule is CCCOCCCNc1nc(NCC)nc2nc[nH]c12. The average molecular weight is 278 g/mol. The van der Waals surface area contributed by atoms with E-state index < -0.39 is 0 Å². The molecule has 0 aliphatic carbocycles. The van der Waals surface area contributed by atoms with E-state index in [-0.39, 0.29) is 0 Å². The molecule has 2 heterocycles. The van der Waals surface area contributed by atoms with E-state index in [1.54, 1.807) is 6.33 Å². The molecule has 7 heteroatoms. The Morgan fingerprint density at radius 2 is 2.10 bits per heavy atom. The molecule has 2 aromatic heterocycles. The molecule has 0 aliphatic rings. The first-order valence-electron chi connectivity index (χ1n) is 7.11. The molecule has 0 amide bonds. The molecule has 2 rings (SSSR count). The quantitative estimate of drug-likeness (QED) is 0.608. The summed E-state index contributed by atoms with van der Waals surface area (Å²) in [6.07, 6.45) is 3.63. The first kappa shape index (κ1) is 14.5. The summed E-state index contributed by atoms with van der Waals surface area (Å²) >= 11 is 0. The number of ether oxygens (including phenoxy) is 1. The molecule has 0 aliphatic heterocycles. The first-order valence-corrected chi connectivity index (χ1v) is 7.11. The number of H-pyrrole nitrogens is 1. The fraction of sp³-hybridized carbons (Fsp3) is 0.615. The van der Waals surface area contributed by atoms with Gasteiger partial charge in [-0.15, -0.1) is 0 Å². The Morgan fingerprint density at radius 3 is 2.90 bits per heavy atom. The molecule has 0 saturated carbocycles. The van der Waals surface area contributed by atoms with Crippen LogP contribution in [0.15, 0.2) is 6.33 Å². The third-order valence-electron chi connectivity index (χ3n) is 2.73. The Bertz CT molecular complexity index is 527. The summed E-state index contributed by atoms with van der Waals surface area (Å²) in [6.45, 7) is 7.29. The van der Waals surface area contributed by atoms with Crippen LogP contribution in [0, 0.1) is 0 Å². The lowest BCUT2D eigenvalue weighted by atomic mass is 10.4. The van der Waals surface area contributed by atoms with Gasteiger partial charge in [0.25, 0.3) is 0 Å². The molecule has 0 bridgehead atoms. The van der Waals surface area contributed by atoms with Crippen LogP contribution >= 0.6 is 0 Å². The molecule has 110 valence electrons. The zero-order valence-electron chi connectivity index (χ0n) is 12.1. The van der Waals surface area contributed by atoms with Crippen LogP contribution in [0.1, 0.15) is 26.7 Å². The molecular formula is C13H22N6O. The van der Waals surface area contributed by atoms with Crippen molar-refractivity contribution in [1.82, 2.24) is 19.9 Å². The van der Waals surface area contributed by atoms with E-state index in [0.29, 0.717) is 11.6 Å². The summed E-state index contributed by atoms with van der Waals surface area (Å²) < 4.78 is 5.45. The molecule has 0 atom stereocenters. The van der Waals surface area contributed by atoms with Crippen molar-refractivity contribution in [2.45, 2.75) is 26.7 Å². The van der Waals surface area contributed by atoms with E-state index >= 15 is 0 Å². The van der Waals surface area contributed by atoms with Crippen molar-refractivity contribution in [2.75, 3.05) is 36.9 Å². The molecule has 7 nitrogen and oxygen atoms in total. The molecule has 0 spiro atoms. The summed E-state index contributed by atoms with van der Waals surface area (Å²) in [5.74, 6) is 1.37. The van der Waals surface area contributed by atoms with E-state index in [1.165, 1.54) is 0 Å². The third-order valence-corrected chi connectivity index (χ3v) is 2.73. The van der Waals surface area contributed by atoms with Gasteiger partial charge in [-0.3, -0.25) is 0 Å². The average Bonchev–Trinajstić information content (AvgIpc) is 2.91. The topological polar surface area (TPSA) is 87.8 Å². The second-order valence-electron chi connectivity index (χ2n) is 4.42. The Morgan fingerprint density at radius 1 is 1.20 bits per heavy atom. The fourth-order valence-corrected chi connectivity index (χ4v) is 1.83. The number of aromatic amines is 1. The normalized spacial score (nSPS) is 10.9. The van der Waals surface area contributed by atoms with Gasteiger partial charge in [0, 0.05) is 26.3 Å². The van der Waals surface area contributed by atoms with Gasteiger partial charge < -0.3 is 20.4 Å². The van der Waals surface area contributed by atoms with Crippen molar-refractivity contribution >= 4 is 22.9 Å². The standard InChI is InChI=1S/C13H22N6O/c1-3-7-20-8-5-6-15-11-10-12(17-9-16-10)19-13(18-11)14-4-2/h9H,3-8H2,1-2H3,(H3,14,15,16,17,18,19). The van der Waals surface area contributed by atoms with E-state index in [1.807, 2.05) is 6.92 Å². The van der Waals surface area contributed by atoms with Crippen LogP contribution in [0.4, 0.5) is 11.8 Å². The minimum absolute atomic E-state index is 0.594. The van der Waals surface area contributed by atoms with Gasteiger partial charge in [0.15, 0.2) is 11.5 Å². The summed E-state index contributed by atoms with van der Waals surface area (Å²) in [7, 11) is 0.